The number of halogens is 2. The lowest BCUT2D eigenvalue weighted by Crippen LogP contribution is -2.23. The van der Waals surface area contributed by atoms with Gasteiger partial charge in [-0.2, -0.15) is 4.98 Å². The van der Waals surface area contributed by atoms with Gasteiger partial charge in [-0.05, 0) is 56.2 Å². The number of carboxylic acids is 1. The molecular formula is C22H17ClFN3O5. The highest BCUT2D eigenvalue weighted by atomic mass is 35.5. The van der Waals surface area contributed by atoms with Gasteiger partial charge in [-0.15, -0.1) is 0 Å². The first-order valence-electron chi connectivity index (χ1n) is 9.49. The molecule has 8 nitrogen and oxygen atoms in total. The zero-order chi connectivity index (χ0) is 23.0. The van der Waals surface area contributed by atoms with E-state index in [1.54, 1.807) is 26.0 Å². The molecule has 1 atom stereocenters. The first kappa shape index (κ1) is 21.5. The van der Waals surface area contributed by atoms with E-state index in [1.165, 1.54) is 25.3 Å². The summed E-state index contributed by atoms with van der Waals surface area (Å²) in [7, 11) is 0. The van der Waals surface area contributed by atoms with Crippen LogP contribution in [0.2, 0.25) is 5.02 Å². The van der Waals surface area contributed by atoms with Crippen LogP contribution in [-0.2, 0) is 4.79 Å². The average molecular weight is 458 g/mol. The molecule has 0 spiro atoms. The molecule has 0 amide bonds. The molecule has 0 saturated heterocycles. The van der Waals surface area contributed by atoms with Crippen LogP contribution in [0.4, 0.5) is 4.39 Å². The Hall–Kier alpha value is -3.72. The van der Waals surface area contributed by atoms with Crippen molar-refractivity contribution in [2.75, 3.05) is 0 Å². The summed E-state index contributed by atoms with van der Waals surface area (Å²) in [5.74, 6) is -0.699. The number of hydrogen-bond donors (Lipinski definition) is 1. The monoisotopic (exact) mass is 457 g/mol. The maximum absolute atomic E-state index is 13.6. The quantitative estimate of drug-likeness (QED) is 0.413. The second-order valence-corrected chi connectivity index (χ2v) is 7.48. The number of benzene rings is 2. The number of rotatable bonds is 6. The van der Waals surface area contributed by atoms with Crippen LogP contribution in [-0.4, -0.2) is 32.1 Å². The van der Waals surface area contributed by atoms with E-state index in [0.717, 1.165) is 17.2 Å². The van der Waals surface area contributed by atoms with Crippen molar-refractivity contribution in [3.05, 3.63) is 58.5 Å². The Labute approximate surface area is 186 Å². The summed E-state index contributed by atoms with van der Waals surface area (Å²) in [5.41, 5.74) is 2.72. The first-order chi connectivity index (χ1) is 15.2. The third-order valence-electron chi connectivity index (χ3n) is 4.58. The van der Waals surface area contributed by atoms with Gasteiger partial charge in [0.25, 0.3) is 5.71 Å². The molecular weight excluding hydrogens is 441 g/mol. The van der Waals surface area contributed by atoms with Gasteiger partial charge in [0.1, 0.15) is 22.8 Å². The Morgan fingerprint density at radius 1 is 1.19 bits per heavy atom. The second-order valence-electron chi connectivity index (χ2n) is 7.08. The van der Waals surface area contributed by atoms with Gasteiger partial charge < -0.3 is 19.0 Å². The summed E-state index contributed by atoms with van der Waals surface area (Å²) in [6.45, 7) is 5.08. The zero-order valence-corrected chi connectivity index (χ0v) is 18.0. The van der Waals surface area contributed by atoms with Gasteiger partial charge in [0.2, 0.25) is 5.89 Å². The van der Waals surface area contributed by atoms with E-state index in [-0.39, 0.29) is 22.5 Å². The Morgan fingerprint density at radius 2 is 1.91 bits per heavy atom. The van der Waals surface area contributed by atoms with Crippen molar-refractivity contribution < 1.29 is 28.2 Å². The van der Waals surface area contributed by atoms with E-state index in [1.807, 2.05) is 0 Å². The number of hydrogen-bond acceptors (Lipinski definition) is 7. The standard InChI is InChI=1S/C22H17ClFN3O5/c1-10-6-13(7-11(2)18(10)30-12(3)21(28)29)19-26-17-9-25-22(27-20(17)32-19)31-14-4-5-15(23)16(24)8-14/h4-9,12H,1-3H3,(H,28,29). The number of nitrogens with zero attached hydrogens (tertiary/aromatic N) is 3. The number of aliphatic carboxylic acids is 1. The minimum absolute atomic E-state index is 0.0204. The molecule has 2 heterocycles. The van der Waals surface area contributed by atoms with Crippen molar-refractivity contribution >= 4 is 28.8 Å². The number of carboxylic acid groups (broad SMARTS) is 1. The molecule has 4 rings (SSSR count). The van der Waals surface area contributed by atoms with Crippen LogP contribution in [0, 0.1) is 19.7 Å². The fraction of sp³-hybridized carbons (Fsp3) is 0.182. The zero-order valence-electron chi connectivity index (χ0n) is 17.2. The van der Waals surface area contributed by atoms with Crippen molar-refractivity contribution in [1.29, 1.82) is 0 Å². The van der Waals surface area contributed by atoms with E-state index in [0.29, 0.717) is 22.7 Å². The predicted octanol–water partition coefficient (Wildman–Crippen LogP) is 5.34. The molecule has 0 radical (unpaired) electrons. The number of ether oxygens (including phenoxy) is 2. The summed E-state index contributed by atoms with van der Waals surface area (Å²) in [6.07, 6.45) is 0.452. The third kappa shape index (κ3) is 4.33. The van der Waals surface area contributed by atoms with Gasteiger partial charge in [-0.1, -0.05) is 11.6 Å². The normalized spacial score (nSPS) is 12.0. The molecule has 0 saturated carbocycles. The molecule has 32 heavy (non-hydrogen) atoms. The predicted molar refractivity (Wildman–Crippen MR) is 114 cm³/mol. The fourth-order valence-electron chi connectivity index (χ4n) is 3.03. The van der Waals surface area contributed by atoms with Crippen molar-refractivity contribution in [2.24, 2.45) is 0 Å². The molecule has 164 valence electrons. The SMILES string of the molecule is Cc1cc(-c2nc3cnc(Oc4ccc(Cl)c(F)c4)nc3o2)cc(C)c1OC(C)C(=O)O. The van der Waals surface area contributed by atoms with Crippen LogP contribution in [0.3, 0.4) is 0 Å². The van der Waals surface area contributed by atoms with Gasteiger partial charge >= 0.3 is 12.0 Å². The van der Waals surface area contributed by atoms with Crippen LogP contribution in [0.25, 0.3) is 22.7 Å². The summed E-state index contributed by atoms with van der Waals surface area (Å²) in [6, 6.07) is 7.51. The summed E-state index contributed by atoms with van der Waals surface area (Å²) < 4.78 is 30.4. The van der Waals surface area contributed by atoms with Gasteiger partial charge in [-0.3, -0.25) is 0 Å². The Kier molecular flexibility index (Phi) is 5.67. The maximum Gasteiger partial charge on any atom is 0.344 e. The molecule has 0 aliphatic carbocycles. The van der Waals surface area contributed by atoms with Gasteiger partial charge in [0.15, 0.2) is 6.10 Å². The van der Waals surface area contributed by atoms with Crippen molar-refractivity contribution in [3.8, 4) is 29.0 Å². The molecule has 1 N–H and O–H groups in total. The highest BCUT2D eigenvalue weighted by Gasteiger charge is 2.18. The van der Waals surface area contributed by atoms with E-state index in [9.17, 15) is 9.18 Å². The van der Waals surface area contributed by atoms with Gasteiger partial charge in [0.05, 0.1) is 11.2 Å². The van der Waals surface area contributed by atoms with Crippen molar-refractivity contribution in [2.45, 2.75) is 26.9 Å². The lowest BCUT2D eigenvalue weighted by molar-refractivity contribution is -0.144. The maximum atomic E-state index is 13.6. The van der Waals surface area contributed by atoms with Crippen LogP contribution >= 0.6 is 11.6 Å². The highest BCUT2D eigenvalue weighted by Crippen LogP contribution is 2.32. The summed E-state index contributed by atoms with van der Waals surface area (Å²) in [4.78, 5) is 23.7. The van der Waals surface area contributed by atoms with Crippen LogP contribution < -0.4 is 9.47 Å². The molecule has 2 aromatic carbocycles. The minimum atomic E-state index is -1.05. The van der Waals surface area contributed by atoms with E-state index in [2.05, 4.69) is 15.0 Å². The van der Waals surface area contributed by atoms with Gasteiger partial charge in [0, 0.05) is 11.6 Å². The highest BCUT2D eigenvalue weighted by molar-refractivity contribution is 6.30. The van der Waals surface area contributed by atoms with Crippen molar-refractivity contribution in [1.82, 2.24) is 15.0 Å². The average Bonchev–Trinajstić information content (AvgIpc) is 3.16. The fourth-order valence-corrected chi connectivity index (χ4v) is 3.14. The van der Waals surface area contributed by atoms with Crippen LogP contribution in [0.15, 0.2) is 40.9 Å². The Morgan fingerprint density at radius 3 is 2.56 bits per heavy atom. The van der Waals surface area contributed by atoms with Crippen LogP contribution in [0.1, 0.15) is 18.1 Å². The number of aromatic nitrogens is 3. The molecule has 0 fully saturated rings. The summed E-state index contributed by atoms with van der Waals surface area (Å²) in [5, 5.41) is 9.06. The molecule has 4 aromatic rings. The Bertz CT molecular complexity index is 1320. The molecule has 2 aromatic heterocycles. The van der Waals surface area contributed by atoms with E-state index in [4.69, 9.17) is 30.6 Å². The van der Waals surface area contributed by atoms with Crippen molar-refractivity contribution in [3.63, 3.8) is 0 Å². The van der Waals surface area contributed by atoms with Crippen LogP contribution in [0.5, 0.6) is 17.5 Å². The molecule has 0 aliphatic rings. The third-order valence-corrected chi connectivity index (χ3v) is 4.89. The van der Waals surface area contributed by atoms with E-state index >= 15 is 0 Å². The Balaban J connectivity index is 1.62. The number of fused-ring (bicyclic) bond motifs is 1. The number of aryl methyl sites for hydroxylation is 2. The van der Waals surface area contributed by atoms with Gasteiger partial charge in [-0.25, -0.2) is 19.2 Å². The minimum Gasteiger partial charge on any atom is -0.479 e. The summed E-state index contributed by atoms with van der Waals surface area (Å²) >= 11 is 5.67. The lowest BCUT2D eigenvalue weighted by Gasteiger charge is -2.16. The molecule has 0 bridgehead atoms. The first-order valence-corrected chi connectivity index (χ1v) is 9.86. The number of oxazole rings is 1. The number of carbonyl (C=O) groups is 1. The molecule has 10 heteroatoms. The molecule has 1 unspecified atom stereocenters. The molecule has 0 aliphatic heterocycles. The van der Waals surface area contributed by atoms with E-state index < -0.39 is 17.9 Å². The second kappa shape index (κ2) is 8.43. The lowest BCUT2D eigenvalue weighted by atomic mass is 10.1. The topological polar surface area (TPSA) is 108 Å². The smallest absolute Gasteiger partial charge is 0.344 e. The largest absolute Gasteiger partial charge is 0.479 e.